The molecular weight excluding hydrogens is 258 g/mol. The van der Waals surface area contributed by atoms with E-state index in [0.717, 1.165) is 25.1 Å². The molecule has 0 aliphatic carbocycles. The van der Waals surface area contributed by atoms with Gasteiger partial charge in [0.15, 0.2) is 0 Å². The monoisotopic (exact) mass is 279 g/mol. The topological polar surface area (TPSA) is 12.5 Å². The molecule has 0 unspecified atom stereocenters. The van der Waals surface area contributed by atoms with E-state index in [-0.39, 0.29) is 0 Å². The summed E-state index contributed by atoms with van der Waals surface area (Å²) in [6.07, 6.45) is 4.41. The first-order valence-corrected chi connectivity index (χ1v) is 7.40. The maximum atomic E-state index is 5.20. The van der Waals surface area contributed by atoms with E-state index in [2.05, 4.69) is 54.4 Å². The van der Waals surface area contributed by atoms with Crippen LogP contribution in [0.2, 0.25) is 0 Å². The number of allylic oxidation sites excluding steroid dienone is 1. The van der Waals surface area contributed by atoms with Gasteiger partial charge in [0, 0.05) is 24.9 Å². The van der Waals surface area contributed by atoms with Crippen LogP contribution in [0.5, 0.6) is 5.75 Å². The van der Waals surface area contributed by atoms with Gasteiger partial charge in [0.25, 0.3) is 0 Å². The molecular formula is C19H21NO. The molecule has 1 heterocycles. The second-order valence-electron chi connectivity index (χ2n) is 5.47. The van der Waals surface area contributed by atoms with E-state index in [0.29, 0.717) is 0 Å². The highest BCUT2D eigenvalue weighted by Crippen LogP contribution is 2.27. The molecule has 2 nitrogen and oxygen atoms in total. The maximum absolute atomic E-state index is 5.20. The number of hydrogen-bond acceptors (Lipinski definition) is 2. The summed E-state index contributed by atoms with van der Waals surface area (Å²) in [6, 6.07) is 17.0. The van der Waals surface area contributed by atoms with Crippen molar-refractivity contribution in [2.24, 2.45) is 0 Å². The van der Waals surface area contributed by atoms with Gasteiger partial charge in [-0.05, 0) is 36.1 Å². The first-order chi connectivity index (χ1) is 10.3. The zero-order valence-electron chi connectivity index (χ0n) is 12.7. The molecule has 2 aromatic carbocycles. The number of likely N-dealkylation sites (N-methyl/N-ethyl adjacent to an activating group) is 1. The van der Waals surface area contributed by atoms with Crippen LogP contribution in [-0.2, 0) is 12.8 Å². The summed E-state index contributed by atoms with van der Waals surface area (Å²) in [4.78, 5) is 2.35. The van der Waals surface area contributed by atoms with Gasteiger partial charge in [-0.25, -0.2) is 0 Å². The molecule has 1 aliphatic rings. The predicted molar refractivity (Wildman–Crippen MR) is 87.5 cm³/mol. The van der Waals surface area contributed by atoms with Gasteiger partial charge in [-0.15, -0.1) is 0 Å². The minimum atomic E-state index is 0.909. The molecule has 0 saturated carbocycles. The fraction of sp³-hybridized carbons (Fsp3) is 0.263. The van der Waals surface area contributed by atoms with Crippen molar-refractivity contribution in [2.45, 2.75) is 12.8 Å². The summed E-state index contributed by atoms with van der Waals surface area (Å²) < 4.78 is 5.20. The Balaban J connectivity index is 1.84. The van der Waals surface area contributed by atoms with Crippen LogP contribution in [0.3, 0.4) is 0 Å². The van der Waals surface area contributed by atoms with E-state index >= 15 is 0 Å². The minimum absolute atomic E-state index is 0.909. The molecule has 0 radical (unpaired) electrons. The Morgan fingerprint density at radius 1 is 1.10 bits per heavy atom. The van der Waals surface area contributed by atoms with Crippen molar-refractivity contribution in [3.05, 3.63) is 71.3 Å². The zero-order valence-corrected chi connectivity index (χ0v) is 12.7. The molecule has 2 aromatic rings. The number of methoxy groups -OCH3 is 1. The Morgan fingerprint density at radius 3 is 2.62 bits per heavy atom. The first-order valence-electron chi connectivity index (χ1n) is 7.40. The number of fused-ring (bicyclic) bond motifs is 1. The SMILES string of the molecule is COc1ccc(C/C=C2/c3ccccc3CCN2C)cc1. The summed E-state index contributed by atoms with van der Waals surface area (Å²) in [5.41, 5.74) is 5.48. The third kappa shape index (κ3) is 2.94. The highest BCUT2D eigenvalue weighted by molar-refractivity contribution is 5.68. The molecule has 0 fully saturated rings. The number of ether oxygens (including phenoxy) is 1. The molecule has 0 N–H and O–H groups in total. The number of nitrogens with zero attached hydrogens (tertiary/aromatic N) is 1. The van der Waals surface area contributed by atoms with Crippen molar-refractivity contribution in [2.75, 3.05) is 20.7 Å². The van der Waals surface area contributed by atoms with Crippen molar-refractivity contribution < 1.29 is 4.74 Å². The van der Waals surface area contributed by atoms with Crippen molar-refractivity contribution in [3.63, 3.8) is 0 Å². The van der Waals surface area contributed by atoms with Gasteiger partial charge in [0.1, 0.15) is 5.75 Å². The summed E-state index contributed by atoms with van der Waals surface area (Å²) in [7, 11) is 3.88. The largest absolute Gasteiger partial charge is 0.497 e. The predicted octanol–water partition coefficient (Wildman–Crippen LogP) is 3.77. The second kappa shape index (κ2) is 6.04. The standard InChI is InChI=1S/C19H21NO/c1-20-14-13-16-5-3-4-6-18(16)19(20)12-9-15-7-10-17(21-2)11-8-15/h3-8,10-12H,9,13-14H2,1-2H3/b19-12-. The Bertz CT molecular complexity index is 643. The molecule has 0 atom stereocenters. The van der Waals surface area contributed by atoms with E-state index in [1.807, 2.05) is 12.1 Å². The van der Waals surface area contributed by atoms with Crippen LogP contribution in [-0.4, -0.2) is 25.6 Å². The van der Waals surface area contributed by atoms with E-state index in [4.69, 9.17) is 4.74 Å². The van der Waals surface area contributed by atoms with Gasteiger partial charge in [0.05, 0.1) is 7.11 Å². The summed E-state index contributed by atoms with van der Waals surface area (Å²) in [5.74, 6) is 0.909. The van der Waals surface area contributed by atoms with Crippen LogP contribution in [0.1, 0.15) is 16.7 Å². The molecule has 0 bridgehead atoms. The third-order valence-corrected chi connectivity index (χ3v) is 4.11. The first kappa shape index (κ1) is 13.7. The summed E-state index contributed by atoms with van der Waals surface area (Å²) >= 11 is 0. The maximum Gasteiger partial charge on any atom is 0.118 e. The Kier molecular flexibility index (Phi) is 3.96. The van der Waals surface area contributed by atoms with Gasteiger partial charge >= 0.3 is 0 Å². The number of rotatable bonds is 3. The third-order valence-electron chi connectivity index (χ3n) is 4.11. The lowest BCUT2D eigenvalue weighted by Crippen LogP contribution is -2.25. The van der Waals surface area contributed by atoms with Crippen LogP contribution in [0.15, 0.2) is 54.6 Å². The van der Waals surface area contributed by atoms with E-state index in [9.17, 15) is 0 Å². The smallest absolute Gasteiger partial charge is 0.118 e. The molecule has 1 aliphatic heterocycles. The van der Waals surface area contributed by atoms with Crippen LogP contribution in [0, 0.1) is 0 Å². The molecule has 21 heavy (non-hydrogen) atoms. The molecule has 2 heteroatoms. The lowest BCUT2D eigenvalue weighted by atomic mass is 9.96. The number of hydrogen-bond donors (Lipinski definition) is 0. The van der Waals surface area contributed by atoms with Crippen molar-refractivity contribution in [1.29, 1.82) is 0 Å². The highest BCUT2D eigenvalue weighted by atomic mass is 16.5. The fourth-order valence-corrected chi connectivity index (χ4v) is 2.84. The molecule has 3 rings (SSSR count). The molecule has 108 valence electrons. The molecule has 0 aromatic heterocycles. The van der Waals surface area contributed by atoms with E-state index in [1.165, 1.54) is 22.4 Å². The van der Waals surface area contributed by atoms with Gasteiger partial charge < -0.3 is 9.64 Å². The Labute approximate surface area is 126 Å². The lowest BCUT2D eigenvalue weighted by Gasteiger charge is -2.30. The fourth-order valence-electron chi connectivity index (χ4n) is 2.84. The average Bonchev–Trinajstić information content (AvgIpc) is 2.54. The molecule has 0 saturated heterocycles. The van der Waals surface area contributed by atoms with E-state index in [1.54, 1.807) is 7.11 Å². The van der Waals surface area contributed by atoms with Crippen molar-refractivity contribution in [3.8, 4) is 5.75 Å². The lowest BCUT2D eigenvalue weighted by molar-refractivity contribution is 0.414. The normalized spacial score (nSPS) is 15.9. The van der Waals surface area contributed by atoms with Crippen LogP contribution < -0.4 is 4.74 Å². The van der Waals surface area contributed by atoms with Crippen LogP contribution in [0.4, 0.5) is 0 Å². The molecule has 0 amide bonds. The average molecular weight is 279 g/mol. The van der Waals surface area contributed by atoms with Gasteiger partial charge in [-0.1, -0.05) is 42.5 Å². The van der Waals surface area contributed by atoms with Crippen molar-refractivity contribution >= 4 is 5.70 Å². The summed E-state index contributed by atoms with van der Waals surface area (Å²) in [6.45, 7) is 1.09. The quantitative estimate of drug-likeness (QED) is 0.848. The van der Waals surface area contributed by atoms with E-state index < -0.39 is 0 Å². The van der Waals surface area contributed by atoms with Crippen LogP contribution >= 0.6 is 0 Å². The van der Waals surface area contributed by atoms with Crippen LogP contribution in [0.25, 0.3) is 5.70 Å². The zero-order chi connectivity index (χ0) is 14.7. The molecule has 0 spiro atoms. The summed E-state index contributed by atoms with van der Waals surface area (Å²) in [5, 5.41) is 0. The van der Waals surface area contributed by atoms with Gasteiger partial charge in [-0.3, -0.25) is 0 Å². The van der Waals surface area contributed by atoms with Gasteiger partial charge in [-0.2, -0.15) is 0 Å². The number of benzene rings is 2. The van der Waals surface area contributed by atoms with Gasteiger partial charge in [0.2, 0.25) is 0 Å². The van der Waals surface area contributed by atoms with Crippen molar-refractivity contribution in [1.82, 2.24) is 4.90 Å². The minimum Gasteiger partial charge on any atom is -0.497 e. The highest BCUT2D eigenvalue weighted by Gasteiger charge is 2.16. The Hall–Kier alpha value is -2.22. The Morgan fingerprint density at radius 2 is 1.86 bits per heavy atom. The second-order valence-corrected chi connectivity index (χ2v) is 5.47.